The number of aromatic nitrogens is 1. The maximum absolute atomic E-state index is 11.7. The number of hydrogen-bond acceptors (Lipinski definition) is 3. The zero-order valence-electron chi connectivity index (χ0n) is 11.4. The van der Waals surface area contributed by atoms with Crippen LogP contribution in [0, 0.1) is 0 Å². The summed E-state index contributed by atoms with van der Waals surface area (Å²) in [6.45, 7) is 0. The van der Waals surface area contributed by atoms with Gasteiger partial charge in [-0.2, -0.15) is 12.7 Å². The third-order valence-corrected chi connectivity index (χ3v) is 4.29. The molecule has 0 fully saturated rings. The van der Waals surface area contributed by atoms with Crippen LogP contribution in [0.5, 0.6) is 0 Å². The van der Waals surface area contributed by atoms with Crippen molar-refractivity contribution in [3.63, 3.8) is 0 Å². The Labute approximate surface area is 119 Å². The minimum Gasteiger partial charge on any atom is -0.271 e. The fourth-order valence-corrected chi connectivity index (χ4v) is 2.28. The van der Waals surface area contributed by atoms with Gasteiger partial charge < -0.3 is 0 Å². The summed E-state index contributed by atoms with van der Waals surface area (Å²) in [5, 5.41) is 0. The van der Waals surface area contributed by atoms with Crippen molar-refractivity contribution in [1.29, 1.82) is 0 Å². The third kappa shape index (κ3) is 3.79. The predicted octanol–water partition coefficient (Wildman–Crippen LogP) is 1.89. The number of hydrogen-bond donors (Lipinski definition) is 1. The van der Waals surface area contributed by atoms with Crippen LogP contribution in [-0.2, 0) is 16.6 Å². The van der Waals surface area contributed by atoms with Gasteiger partial charge in [-0.25, -0.2) is 0 Å². The van der Waals surface area contributed by atoms with E-state index in [4.69, 9.17) is 0 Å². The van der Waals surface area contributed by atoms with Crippen molar-refractivity contribution in [3.8, 4) is 0 Å². The van der Waals surface area contributed by atoms with Crippen LogP contribution < -0.4 is 4.72 Å². The van der Waals surface area contributed by atoms with E-state index in [1.54, 1.807) is 24.5 Å². The van der Waals surface area contributed by atoms with Gasteiger partial charge in [0.25, 0.3) is 0 Å². The van der Waals surface area contributed by atoms with Crippen molar-refractivity contribution in [2.24, 2.45) is 0 Å². The normalized spacial score (nSPS) is 11.6. The average Bonchev–Trinajstić information content (AvgIpc) is 2.42. The van der Waals surface area contributed by atoms with E-state index in [9.17, 15) is 8.42 Å². The number of anilines is 1. The molecule has 106 valence electrons. The Morgan fingerprint density at radius 1 is 1.00 bits per heavy atom. The van der Waals surface area contributed by atoms with E-state index in [0.717, 1.165) is 16.3 Å². The Bertz CT molecular complexity index is 653. The van der Waals surface area contributed by atoms with Crippen LogP contribution in [-0.4, -0.2) is 31.8 Å². The molecule has 0 aliphatic rings. The van der Waals surface area contributed by atoms with E-state index in [1.807, 2.05) is 24.3 Å². The summed E-state index contributed by atoms with van der Waals surface area (Å²) in [6.07, 6.45) is 4.31. The molecule has 0 bridgehead atoms. The quantitative estimate of drug-likeness (QED) is 0.915. The zero-order chi connectivity index (χ0) is 14.6. The fraction of sp³-hybridized carbons (Fsp3) is 0.214. The van der Waals surface area contributed by atoms with Gasteiger partial charge in [-0.15, -0.1) is 0 Å². The molecule has 2 rings (SSSR count). The molecule has 6 heteroatoms. The molecule has 0 spiro atoms. The Morgan fingerprint density at radius 2 is 1.55 bits per heavy atom. The van der Waals surface area contributed by atoms with Gasteiger partial charge in [-0.1, -0.05) is 12.1 Å². The Morgan fingerprint density at radius 3 is 2.10 bits per heavy atom. The summed E-state index contributed by atoms with van der Waals surface area (Å²) in [6, 6.07) is 11.3. The van der Waals surface area contributed by atoms with Crippen molar-refractivity contribution in [3.05, 3.63) is 59.9 Å². The lowest BCUT2D eigenvalue weighted by Crippen LogP contribution is -2.28. The highest BCUT2D eigenvalue weighted by Gasteiger charge is 2.12. The summed E-state index contributed by atoms with van der Waals surface area (Å²) < 4.78 is 27.0. The molecule has 0 atom stereocenters. The van der Waals surface area contributed by atoms with Gasteiger partial charge >= 0.3 is 10.2 Å². The van der Waals surface area contributed by atoms with Crippen LogP contribution in [0.1, 0.15) is 11.1 Å². The zero-order valence-corrected chi connectivity index (χ0v) is 12.3. The van der Waals surface area contributed by atoms with Gasteiger partial charge in [-0.3, -0.25) is 9.71 Å². The van der Waals surface area contributed by atoms with Crippen LogP contribution in [0.4, 0.5) is 5.69 Å². The Kier molecular flexibility index (Phi) is 4.36. The largest absolute Gasteiger partial charge is 0.301 e. The smallest absolute Gasteiger partial charge is 0.271 e. The molecule has 0 radical (unpaired) electrons. The molecular formula is C14H17N3O2S. The van der Waals surface area contributed by atoms with Crippen molar-refractivity contribution in [1.82, 2.24) is 9.29 Å². The molecule has 0 unspecified atom stereocenters. The number of pyridine rings is 1. The number of rotatable bonds is 5. The lowest BCUT2D eigenvalue weighted by molar-refractivity contribution is 0.527. The maximum Gasteiger partial charge on any atom is 0.301 e. The molecule has 0 saturated carbocycles. The van der Waals surface area contributed by atoms with Gasteiger partial charge in [0.15, 0.2) is 0 Å². The first-order valence-corrected chi connectivity index (χ1v) is 7.59. The molecule has 1 aromatic heterocycles. The van der Waals surface area contributed by atoms with Crippen LogP contribution in [0.15, 0.2) is 48.8 Å². The highest BCUT2D eigenvalue weighted by Crippen LogP contribution is 2.14. The van der Waals surface area contributed by atoms with Gasteiger partial charge in [0.1, 0.15) is 0 Å². The first kappa shape index (κ1) is 14.5. The minimum atomic E-state index is -3.45. The molecule has 1 heterocycles. The topological polar surface area (TPSA) is 62.3 Å². The monoisotopic (exact) mass is 291 g/mol. The van der Waals surface area contributed by atoms with Crippen LogP contribution in [0.25, 0.3) is 0 Å². The highest BCUT2D eigenvalue weighted by molar-refractivity contribution is 7.90. The van der Waals surface area contributed by atoms with E-state index in [-0.39, 0.29) is 0 Å². The van der Waals surface area contributed by atoms with E-state index >= 15 is 0 Å². The van der Waals surface area contributed by atoms with E-state index in [1.165, 1.54) is 19.7 Å². The van der Waals surface area contributed by atoms with Gasteiger partial charge in [-0.05, 0) is 41.8 Å². The van der Waals surface area contributed by atoms with Gasteiger partial charge in [0, 0.05) is 32.2 Å². The summed E-state index contributed by atoms with van der Waals surface area (Å²) in [4.78, 5) is 3.98. The van der Waals surface area contributed by atoms with Gasteiger partial charge in [0.05, 0.1) is 0 Å². The number of nitrogens with one attached hydrogen (secondary N) is 1. The number of nitrogens with zero attached hydrogens (tertiary/aromatic N) is 2. The molecule has 5 nitrogen and oxygen atoms in total. The van der Waals surface area contributed by atoms with Crippen molar-refractivity contribution in [2.75, 3.05) is 18.8 Å². The Balaban J connectivity index is 2.07. The van der Waals surface area contributed by atoms with Crippen molar-refractivity contribution >= 4 is 15.9 Å². The molecule has 0 aliphatic carbocycles. The lowest BCUT2D eigenvalue weighted by Gasteiger charge is -2.13. The third-order valence-electron chi connectivity index (χ3n) is 2.84. The molecule has 1 aromatic carbocycles. The van der Waals surface area contributed by atoms with E-state index in [2.05, 4.69) is 9.71 Å². The minimum absolute atomic E-state index is 0.553. The number of benzene rings is 1. The second-order valence-corrected chi connectivity index (χ2v) is 6.50. The predicted molar refractivity (Wildman–Crippen MR) is 79.7 cm³/mol. The van der Waals surface area contributed by atoms with E-state index in [0.29, 0.717) is 5.69 Å². The van der Waals surface area contributed by atoms with Gasteiger partial charge in [0.2, 0.25) is 0 Å². The Hall–Kier alpha value is -1.92. The first-order chi connectivity index (χ1) is 9.47. The summed E-state index contributed by atoms with van der Waals surface area (Å²) in [5.74, 6) is 0. The SMILES string of the molecule is CN(C)S(=O)(=O)Nc1ccc(Cc2ccncc2)cc1. The molecule has 0 saturated heterocycles. The van der Waals surface area contributed by atoms with Crippen LogP contribution >= 0.6 is 0 Å². The maximum atomic E-state index is 11.7. The molecule has 0 amide bonds. The molecule has 1 N–H and O–H groups in total. The fourth-order valence-electron chi connectivity index (χ4n) is 1.67. The average molecular weight is 291 g/mol. The first-order valence-electron chi connectivity index (χ1n) is 6.15. The van der Waals surface area contributed by atoms with E-state index < -0.39 is 10.2 Å². The summed E-state index contributed by atoms with van der Waals surface area (Å²) >= 11 is 0. The van der Waals surface area contributed by atoms with Crippen molar-refractivity contribution < 1.29 is 8.42 Å². The molecule has 0 aliphatic heterocycles. The summed E-state index contributed by atoms with van der Waals surface area (Å²) in [5.41, 5.74) is 2.84. The highest BCUT2D eigenvalue weighted by atomic mass is 32.2. The lowest BCUT2D eigenvalue weighted by atomic mass is 10.1. The second kappa shape index (κ2) is 6.02. The second-order valence-electron chi connectivity index (χ2n) is 4.62. The van der Waals surface area contributed by atoms with Crippen LogP contribution in [0.2, 0.25) is 0 Å². The van der Waals surface area contributed by atoms with Crippen molar-refractivity contribution in [2.45, 2.75) is 6.42 Å². The standard InChI is InChI=1S/C14H17N3O2S/c1-17(2)20(18,19)16-14-5-3-12(4-6-14)11-13-7-9-15-10-8-13/h3-10,16H,11H2,1-2H3. The molecule has 20 heavy (non-hydrogen) atoms. The molecule has 2 aromatic rings. The summed E-state index contributed by atoms with van der Waals surface area (Å²) in [7, 11) is -0.475. The van der Waals surface area contributed by atoms with Crippen LogP contribution in [0.3, 0.4) is 0 Å². The molecular weight excluding hydrogens is 274 g/mol.